The highest BCUT2D eigenvalue weighted by atomic mass is 79.9. The van der Waals surface area contributed by atoms with Gasteiger partial charge in [0.1, 0.15) is 11.3 Å². The minimum Gasteiger partial charge on any atom is -0.496 e. The second kappa shape index (κ2) is 4.23. The van der Waals surface area contributed by atoms with E-state index in [1.54, 1.807) is 7.11 Å². The maximum atomic E-state index is 12.0. The quantitative estimate of drug-likeness (QED) is 0.770. The number of carbonyl (C=O) groups excluding carboxylic acids is 2. The number of amides is 3. The van der Waals surface area contributed by atoms with E-state index < -0.39 is 11.6 Å². The van der Waals surface area contributed by atoms with Crippen LogP contribution in [-0.4, -0.2) is 24.6 Å². The molecular formula is C13H13BrN2O3. The molecule has 1 aromatic carbocycles. The van der Waals surface area contributed by atoms with Crippen LogP contribution in [0.1, 0.15) is 17.5 Å². The molecule has 0 aromatic heterocycles. The summed E-state index contributed by atoms with van der Waals surface area (Å²) in [5.74, 6) is 0.593. The molecule has 1 aromatic rings. The molecule has 100 valence electrons. The molecule has 1 spiro atoms. The minimum atomic E-state index is -0.807. The monoisotopic (exact) mass is 324 g/mol. The second-order valence-corrected chi connectivity index (χ2v) is 5.73. The summed E-state index contributed by atoms with van der Waals surface area (Å²) in [7, 11) is 1.64. The van der Waals surface area contributed by atoms with Crippen molar-refractivity contribution in [1.29, 1.82) is 0 Å². The van der Waals surface area contributed by atoms with Crippen LogP contribution >= 0.6 is 15.9 Å². The highest BCUT2D eigenvalue weighted by Gasteiger charge is 2.48. The lowest BCUT2D eigenvalue weighted by molar-refractivity contribution is -0.124. The van der Waals surface area contributed by atoms with Gasteiger partial charge in [0.15, 0.2) is 0 Å². The van der Waals surface area contributed by atoms with Gasteiger partial charge in [0.05, 0.1) is 7.11 Å². The lowest BCUT2D eigenvalue weighted by Gasteiger charge is -2.33. The summed E-state index contributed by atoms with van der Waals surface area (Å²) >= 11 is 3.51. The van der Waals surface area contributed by atoms with Gasteiger partial charge in [0.2, 0.25) is 0 Å². The Hall–Kier alpha value is -1.56. The zero-order chi connectivity index (χ0) is 13.6. The first-order valence-corrected chi connectivity index (χ1v) is 6.83. The van der Waals surface area contributed by atoms with Gasteiger partial charge in [-0.25, -0.2) is 4.79 Å². The highest BCUT2D eigenvalue weighted by molar-refractivity contribution is 9.10. The van der Waals surface area contributed by atoms with Crippen LogP contribution in [0.4, 0.5) is 4.79 Å². The first-order valence-electron chi connectivity index (χ1n) is 6.03. The van der Waals surface area contributed by atoms with E-state index in [1.165, 1.54) is 0 Å². The van der Waals surface area contributed by atoms with E-state index in [0.717, 1.165) is 21.3 Å². The summed E-state index contributed by atoms with van der Waals surface area (Å²) in [6.45, 7) is 0. The first-order chi connectivity index (χ1) is 9.05. The molecule has 2 aliphatic rings. The van der Waals surface area contributed by atoms with E-state index in [4.69, 9.17) is 4.74 Å². The summed E-state index contributed by atoms with van der Waals surface area (Å²) < 4.78 is 6.30. The van der Waals surface area contributed by atoms with E-state index in [2.05, 4.69) is 26.6 Å². The third-order valence-electron chi connectivity index (χ3n) is 3.85. The van der Waals surface area contributed by atoms with Gasteiger partial charge < -0.3 is 10.1 Å². The molecule has 0 unspecified atom stereocenters. The Balaban J connectivity index is 2.05. The Labute approximate surface area is 118 Å². The van der Waals surface area contributed by atoms with Crippen LogP contribution in [0.5, 0.6) is 5.75 Å². The SMILES string of the molecule is COc1ccc(Br)c2c1CC[C@]1(C2)NC(=O)NC1=O. The molecule has 3 amide bonds. The molecule has 6 heteroatoms. The number of nitrogens with one attached hydrogen (secondary N) is 2. The summed E-state index contributed by atoms with van der Waals surface area (Å²) in [5, 5.41) is 5.08. The number of hydrogen-bond donors (Lipinski definition) is 2. The lowest BCUT2D eigenvalue weighted by Crippen LogP contribution is -2.51. The fraction of sp³-hybridized carbons (Fsp3) is 0.385. The predicted octanol–water partition coefficient (Wildman–Crippen LogP) is 1.52. The molecule has 1 saturated heterocycles. The fourth-order valence-corrected chi connectivity index (χ4v) is 3.37. The topological polar surface area (TPSA) is 67.4 Å². The van der Waals surface area contributed by atoms with Crippen molar-refractivity contribution in [3.63, 3.8) is 0 Å². The van der Waals surface area contributed by atoms with E-state index in [0.29, 0.717) is 19.3 Å². The average molecular weight is 325 g/mol. The van der Waals surface area contributed by atoms with Crippen molar-refractivity contribution in [2.24, 2.45) is 0 Å². The van der Waals surface area contributed by atoms with Crippen molar-refractivity contribution < 1.29 is 14.3 Å². The third-order valence-corrected chi connectivity index (χ3v) is 4.59. The number of urea groups is 1. The lowest BCUT2D eigenvalue weighted by atomic mass is 9.77. The van der Waals surface area contributed by atoms with Crippen molar-refractivity contribution in [2.45, 2.75) is 24.8 Å². The van der Waals surface area contributed by atoms with Crippen LogP contribution in [-0.2, 0) is 17.6 Å². The molecule has 1 fully saturated rings. The molecule has 1 aliphatic carbocycles. The minimum absolute atomic E-state index is 0.238. The highest BCUT2D eigenvalue weighted by Crippen LogP contribution is 2.39. The molecular weight excluding hydrogens is 312 g/mol. The van der Waals surface area contributed by atoms with Crippen LogP contribution in [0, 0.1) is 0 Å². The standard InChI is InChI=1S/C13H13BrN2O3/c1-19-10-3-2-9(14)8-6-13(5-4-7(8)10)11(17)15-12(18)16-13/h2-3H,4-6H2,1H3,(H2,15,16,17,18)/t13-/m1/s1. The van der Waals surface area contributed by atoms with Crippen molar-refractivity contribution in [3.8, 4) is 5.75 Å². The fourth-order valence-electron chi connectivity index (χ4n) is 2.86. The maximum Gasteiger partial charge on any atom is 0.322 e. The molecule has 19 heavy (non-hydrogen) atoms. The van der Waals surface area contributed by atoms with Gasteiger partial charge in [-0.1, -0.05) is 15.9 Å². The van der Waals surface area contributed by atoms with E-state index in [-0.39, 0.29) is 5.91 Å². The number of rotatable bonds is 1. The number of fused-ring (bicyclic) bond motifs is 1. The first kappa shape index (κ1) is 12.5. The Morgan fingerprint density at radius 3 is 2.74 bits per heavy atom. The van der Waals surface area contributed by atoms with Crippen LogP contribution in [0.2, 0.25) is 0 Å². The van der Waals surface area contributed by atoms with Gasteiger partial charge in [0.25, 0.3) is 5.91 Å². The summed E-state index contributed by atoms with van der Waals surface area (Å²) in [5.41, 5.74) is 1.33. The van der Waals surface area contributed by atoms with E-state index >= 15 is 0 Å². The largest absolute Gasteiger partial charge is 0.496 e. The predicted molar refractivity (Wildman–Crippen MR) is 72.1 cm³/mol. The van der Waals surface area contributed by atoms with Gasteiger partial charge in [-0.3, -0.25) is 10.1 Å². The Morgan fingerprint density at radius 2 is 2.11 bits per heavy atom. The summed E-state index contributed by atoms with van der Waals surface area (Å²) in [6, 6.07) is 3.41. The second-order valence-electron chi connectivity index (χ2n) is 4.87. The Morgan fingerprint density at radius 1 is 1.32 bits per heavy atom. The van der Waals surface area contributed by atoms with Gasteiger partial charge in [-0.05, 0) is 36.1 Å². The molecule has 0 radical (unpaired) electrons. The van der Waals surface area contributed by atoms with Crippen LogP contribution in [0.25, 0.3) is 0 Å². The smallest absolute Gasteiger partial charge is 0.322 e. The maximum absolute atomic E-state index is 12.0. The molecule has 3 rings (SSSR count). The number of methoxy groups -OCH3 is 1. The molecule has 2 N–H and O–H groups in total. The number of imide groups is 1. The molecule has 0 bridgehead atoms. The molecule has 1 heterocycles. The molecule has 0 saturated carbocycles. The van der Waals surface area contributed by atoms with Crippen molar-refractivity contribution in [2.75, 3.05) is 7.11 Å². The zero-order valence-electron chi connectivity index (χ0n) is 10.4. The molecule has 5 nitrogen and oxygen atoms in total. The Bertz CT molecular complexity index is 587. The summed E-state index contributed by atoms with van der Waals surface area (Å²) in [4.78, 5) is 23.4. The number of benzene rings is 1. The van der Waals surface area contributed by atoms with Gasteiger partial charge in [-0.15, -0.1) is 0 Å². The van der Waals surface area contributed by atoms with Crippen molar-refractivity contribution in [3.05, 3.63) is 27.7 Å². The van der Waals surface area contributed by atoms with Gasteiger partial charge in [0, 0.05) is 10.9 Å². The number of carbonyl (C=O) groups is 2. The van der Waals surface area contributed by atoms with Crippen LogP contribution in [0.3, 0.4) is 0 Å². The zero-order valence-corrected chi connectivity index (χ0v) is 12.0. The van der Waals surface area contributed by atoms with Gasteiger partial charge >= 0.3 is 6.03 Å². The normalized spacial score (nSPS) is 24.9. The molecule has 1 aliphatic heterocycles. The average Bonchev–Trinajstić information content (AvgIpc) is 2.65. The number of halogens is 1. The molecule has 1 atom stereocenters. The van der Waals surface area contributed by atoms with Crippen molar-refractivity contribution >= 4 is 27.9 Å². The third kappa shape index (κ3) is 1.82. The van der Waals surface area contributed by atoms with Crippen molar-refractivity contribution in [1.82, 2.24) is 10.6 Å². The number of hydrogen-bond acceptors (Lipinski definition) is 3. The number of ether oxygens (including phenoxy) is 1. The van der Waals surface area contributed by atoms with Crippen LogP contribution < -0.4 is 15.4 Å². The van der Waals surface area contributed by atoms with E-state index in [1.807, 2.05) is 12.1 Å². The van der Waals surface area contributed by atoms with Gasteiger partial charge in [-0.2, -0.15) is 0 Å². The van der Waals surface area contributed by atoms with E-state index in [9.17, 15) is 9.59 Å². The van der Waals surface area contributed by atoms with Crippen LogP contribution in [0.15, 0.2) is 16.6 Å². The Kier molecular flexibility index (Phi) is 2.78. The summed E-state index contributed by atoms with van der Waals surface area (Å²) in [6.07, 6.45) is 1.77.